The Bertz CT molecular complexity index is 707. The third-order valence-electron chi connectivity index (χ3n) is 2.27. The molecule has 0 bridgehead atoms. The Morgan fingerprint density at radius 3 is 0.860 bits per heavy atom. The molecule has 0 spiro atoms. The molecule has 0 atom stereocenters. The van der Waals surface area contributed by atoms with Gasteiger partial charge in [-0.3, -0.25) is 9.98 Å². The molecule has 8 heteroatoms. The average molecular weight is 671 g/mol. The molecule has 0 aliphatic heterocycles. The van der Waals surface area contributed by atoms with Crippen LogP contribution in [0, 0.1) is 29.6 Å². The van der Waals surface area contributed by atoms with Gasteiger partial charge in [-0.1, -0.05) is 121 Å². The van der Waals surface area contributed by atoms with Crippen LogP contribution in [-0.4, -0.2) is 70.5 Å². The Kier molecular flexibility index (Phi) is 132. The number of carbonyl (C=O) groups excluding carboxylic acids is 1. The predicted molar refractivity (Wildman–Crippen MR) is 193 cm³/mol. The van der Waals surface area contributed by atoms with Gasteiger partial charge in [-0.2, -0.15) is 5.26 Å². The van der Waals surface area contributed by atoms with Gasteiger partial charge in [0, 0.05) is 48.4 Å². The summed E-state index contributed by atoms with van der Waals surface area (Å²) in [5.74, 6) is 0.167. The van der Waals surface area contributed by atoms with Crippen LogP contribution in [0.25, 0.3) is 0 Å². The maximum Gasteiger partial charge on any atom is 1.00 e. The van der Waals surface area contributed by atoms with Gasteiger partial charge in [-0.25, -0.2) is 5.26 Å². The molecule has 0 heterocycles. The summed E-state index contributed by atoms with van der Waals surface area (Å²) in [6.07, 6.45) is 6.62. The topological polar surface area (TPSA) is 95.8 Å². The molecular formula is C35H65N6ORb. The molecule has 2 rings (SSSR count). The van der Waals surface area contributed by atoms with E-state index in [4.69, 9.17) is 10.5 Å². The second-order valence-corrected chi connectivity index (χ2v) is 6.68. The zero-order chi connectivity index (χ0) is 32.9. The number of nitriles is 2. The van der Waals surface area contributed by atoms with E-state index in [1.165, 1.54) is 26.0 Å². The summed E-state index contributed by atoms with van der Waals surface area (Å²) in [7, 11) is 11.2. The van der Waals surface area contributed by atoms with Gasteiger partial charge >= 0.3 is 58.2 Å². The van der Waals surface area contributed by atoms with Crippen LogP contribution < -0.4 is 58.2 Å². The van der Waals surface area contributed by atoms with Gasteiger partial charge < -0.3 is 21.5 Å². The second-order valence-electron chi connectivity index (χ2n) is 6.68. The van der Waals surface area contributed by atoms with Crippen molar-refractivity contribution in [2.75, 3.05) is 42.3 Å². The Morgan fingerprint density at radius 2 is 0.837 bits per heavy atom. The van der Waals surface area contributed by atoms with E-state index in [1.54, 1.807) is 32.8 Å². The quantitative estimate of drug-likeness (QED) is 0.166. The first kappa shape index (κ1) is 67.9. The zero-order valence-corrected chi connectivity index (χ0v) is 33.5. The van der Waals surface area contributed by atoms with Crippen LogP contribution >= 0.6 is 0 Å². The molecule has 0 saturated carbocycles. The van der Waals surface area contributed by atoms with E-state index in [0.29, 0.717) is 0 Å². The molecule has 0 aliphatic rings. The van der Waals surface area contributed by atoms with E-state index < -0.39 is 0 Å². The van der Waals surface area contributed by atoms with Gasteiger partial charge in [-0.15, -0.1) is 6.07 Å². The molecule has 7 nitrogen and oxygen atoms in total. The first-order valence-corrected chi connectivity index (χ1v) is 12.9. The smallest absolute Gasteiger partial charge is 0.369 e. The van der Waals surface area contributed by atoms with E-state index in [9.17, 15) is 4.79 Å². The van der Waals surface area contributed by atoms with Gasteiger partial charge in [0.1, 0.15) is 5.78 Å². The minimum atomic E-state index is 0. The molecule has 0 fully saturated rings. The van der Waals surface area contributed by atoms with Crippen molar-refractivity contribution in [3.8, 4) is 12.1 Å². The summed E-state index contributed by atoms with van der Waals surface area (Å²) in [4.78, 5) is 20.7. The Morgan fingerprint density at radius 1 is 0.674 bits per heavy atom. The molecule has 0 saturated heterocycles. The molecule has 0 radical (unpaired) electrons. The van der Waals surface area contributed by atoms with Crippen molar-refractivity contribution < 1.29 is 63.0 Å². The second kappa shape index (κ2) is 83.4. The molecule has 0 unspecified atom stereocenters. The van der Waals surface area contributed by atoms with Gasteiger partial charge in [0.15, 0.2) is 0 Å². The third-order valence-corrected chi connectivity index (χ3v) is 2.27. The molecular weight excluding hydrogens is 606 g/mol. The van der Waals surface area contributed by atoms with Crippen molar-refractivity contribution in [1.82, 2.24) is 9.80 Å². The number of hydrogen-bond acceptors (Lipinski definition) is 5. The van der Waals surface area contributed by atoms with Crippen LogP contribution in [-0.2, 0) is 4.79 Å². The number of benzene rings is 2. The summed E-state index contributed by atoms with van der Waals surface area (Å²) >= 11 is 0. The van der Waals surface area contributed by atoms with Gasteiger partial charge in [-0.05, 0) is 20.8 Å². The van der Waals surface area contributed by atoms with Crippen molar-refractivity contribution in [2.45, 2.75) is 63.3 Å². The number of rotatable bonds is 2. The summed E-state index contributed by atoms with van der Waals surface area (Å²) in [5.41, 5.74) is 0. The first-order valence-electron chi connectivity index (χ1n) is 12.9. The van der Waals surface area contributed by atoms with E-state index >= 15 is 0 Å². The fourth-order valence-corrected chi connectivity index (χ4v) is 1.31. The standard InChI is InChI=1S/2C6H6.2C4H10N2.C4H5N.C3H6O.C2H2N.2C2H6.2CH4.Rb/c2*1-2-4-6-5-3-1;2*1-5-4-6(2)3;1-2-3-4-5;1-3(2)4;1-2-3;2*1-2;;;/h2*1-6H;2*4H,1-3H3;2-3H,1H3;1-2H3;1H2;2*1-2H3;2*1H4;/q;;;;;;-1;;;;;+1. The molecule has 242 valence electrons. The van der Waals surface area contributed by atoms with Crippen LogP contribution in [0.5, 0.6) is 0 Å². The van der Waals surface area contributed by atoms with E-state index in [0.717, 1.165) is 0 Å². The number of ketones is 1. The van der Waals surface area contributed by atoms with Gasteiger partial charge in [0.05, 0.1) is 18.7 Å². The molecule has 2 aromatic rings. The normalized spacial score (nSPS) is 6.95. The third kappa shape index (κ3) is 182. The van der Waals surface area contributed by atoms with Crippen molar-refractivity contribution in [1.29, 1.82) is 10.5 Å². The number of carbonyl (C=O) groups is 1. The van der Waals surface area contributed by atoms with Crippen LogP contribution in [0.1, 0.15) is 63.3 Å². The summed E-state index contributed by atoms with van der Waals surface area (Å²) in [6, 6.07) is 27.3. The SMILES string of the molecule is C.C.CC.CC.CC(C)=O.CC=CC#N.CN=CN(C)C.CN=CN(C)C.[CH2-]C#N.[Rb+].c1ccccc1.c1ccccc1. The number of nitrogens with zero attached hydrogens (tertiary/aromatic N) is 6. The monoisotopic (exact) mass is 670 g/mol. The molecule has 0 N–H and O–H groups in total. The predicted octanol–water partition coefficient (Wildman–Crippen LogP) is 6.14. The summed E-state index contributed by atoms with van der Waals surface area (Å²) < 4.78 is 0. The average Bonchev–Trinajstić information content (AvgIpc) is 2.95. The number of allylic oxidation sites excluding steroid dienone is 2. The number of aliphatic imine (C=N–C) groups is 2. The van der Waals surface area contributed by atoms with E-state index in [2.05, 4.69) is 16.9 Å². The van der Waals surface area contributed by atoms with Crippen LogP contribution in [0.15, 0.2) is 94.9 Å². The molecule has 0 aromatic heterocycles. The maximum atomic E-state index is 9.44. The molecule has 43 heavy (non-hydrogen) atoms. The fraction of sp³-hybridized carbons (Fsp3) is 0.429. The molecule has 0 aliphatic carbocycles. The number of hydrogen-bond donors (Lipinski definition) is 0. The van der Waals surface area contributed by atoms with Crippen molar-refractivity contribution >= 4 is 18.5 Å². The van der Waals surface area contributed by atoms with Crippen molar-refractivity contribution in [3.05, 3.63) is 91.9 Å². The van der Waals surface area contributed by atoms with Gasteiger partial charge in [0.25, 0.3) is 0 Å². The molecule has 2 aromatic carbocycles. The first-order chi connectivity index (χ1) is 19.1. The van der Waals surface area contributed by atoms with Gasteiger partial charge in [0.2, 0.25) is 0 Å². The minimum absolute atomic E-state index is 0. The Hall–Kier alpha value is -2.55. The Labute approximate surface area is 318 Å². The van der Waals surface area contributed by atoms with Crippen molar-refractivity contribution in [2.24, 2.45) is 9.98 Å². The largest absolute Gasteiger partial charge is 1.00 e. The number of Topliss-reactive ketones (excluding diaryl/α,β-unsaturated/α-hetero) is 1. The zero-order valence-electron chi connectivity index (χ0n) is 28.5. The minimum Gasteiger partial charge on any atom is -0.369 e. The summed E-state index contributed by atoms with van der Waals surface area (Å²) in [5, 5.41) is 14.9. The molecule has 0 amide bonds. The van der Waals surface area contributed by atoms with Crippen LogP contribution in [0.4, 0.5) is 0 Å². The van der Waals surface area contributed by atoms with Crippen LogP contribution in [0.3, 0.4) is 0 Å². The summed E-state index contributed by atoms with van der Waals surface area (Å²) in [6.45, 7) is 15.7. The van der Waals surface area contributed by atoms with Crippen LogP contribution in [0.2, 0.25) is 0 Å². The Balaban J connectivity index is -0.0000000361. The van der Waals surface area contributed by atoms with E-state index in [-0.39, 0.29) is 78.8 Å². The van der Waals surface area contributed by atoms with Crippen molar-refractivity contribution in [3.63, 3.8) is 0 Å². The van der Waals surface area contributed by atoms with E-state index in [1.807, 2.05) is 151 Å². The maximum absolute atomic E-state index is 9.44. The fourth-order valence-electron chi connectivity index (χ4n) is 1.31.